The van der Waals surface area contributed by atoms with Gasteiger partial charge in [0, 0.05) is 17.5 Å². The molecule has 0 radical (unpaired) electrons. The van der Waals surface area contributed by atoms with Crippen molar-refractivity contribution in [3.8, 4) is 11.3 Å². The molecule has 8 N–H and O–H groups in total. The SMILES string of the molecule is Nc1nc2c(ccn2[C@@H]2O[C@H](COP(=O)(O)OP(=O)(O)OP(=O)(O)O)C(CO)C2(Cl)C#CCl)c(=O)[nH]1. The second kappa shape index (κ2) is 10.5. The van der Waals surface area contributed by atoms with Crippen LogP contribution in [-0.4, -0.2) is 63.4 Å². The highest BCUT2D eigenvalue weighted by Crippen LogP contribution is 2.66. The van der Waals surface area contributed by atoms with Crippen LogP contribution in [0.15, 0.2) is 17.1 Å². The van der Waals surface area contributed by atoms with Gasteiger partial charge in [-0.1, -0.05) is 17.5 Å². The largest absolute Gasteiger partial charge is 0.490 e. The number of phosphoric acid groups is 3. The maximum atomic E-state index is 12.2. The number of alkyl halides is 1. The van der Waals surface area contributed by atoms with Crippen LogP contribution in [0.25, 0.3) is 11.0 Å². The topological polar surface area (TPSA) is 266 Å². The molecule has 36 heavy (non-hydrogen) atoms. The summed E-state index contributed by atoms with van der Waals surface area (Å²) in [5, 5.41) is 12.1. The highest BCUT2D eigenvalue weighted by atomic mass is 35.5. The Balaban J connectivity index is 1.91. The molecule has 1 saturated heterocycles. The summed E-state index contributed by atoms with van der Waals surface area (Å²) in [5.41, 5.74) is 5.03. The number of nitrogens with two attached hydrogens (primary N) is 1. The van der Waals surface area contributed by atoms with E-state index in [-0.39, 0.29) is 17.0 Å². The summed E-state index contributed by atoms with van der Waals surface area (Å²) in [6.07, 6.45) is -1.36. The minimum Gasteiger partial charge on any atom is -0.396 e. The Morgan fingerprint density at radius 2 is 1.92 bits per heavy atom. The number of nitrogens with zero attached hydrogens (tertiary/aromatic N) is 2. The number of aliphatic hydroxyl groups is 1. The van der Waals surface area contributed by atoms with E-state index >= 15 is 0 Å². The maximum absolute atomic E-state index is 12.2. The van der Waals surface area contributed by atoms with Crippen LogP contribution in [0.4, 0.5) is 5.95 Å². The van der Waals surface area contributed by atoms with Crippen molar-refractivity contribution in [1.82, 2.24) is 14.5 Å². The Morgan fingerprint density at radius 1 is 1.25 bits per heavy atom. The smallest absolute Gasteiger partial charge is 0.396 e. The van der Waals surface area contributed by atoms with Gasteiger partial charge in [-0.15, -0.1) is 0 Å². The van der Waals surface area contributed by atoms with E-state index < -0.39 is 65.4 Å². The molecule has 3 rings (SSSR count). The van der Waals surface area contributed by atoms with E-state index in [1.807, 2.05) is 0 Å². The van der Waals surface area contributed by atoms with Gasteiger partial charge in [-0.05, 0) is 17.7 Å². The lowest BCUT2D eigenvalue weighted by Gasteiger charge is -2.27. The number of aliphatic hydroxyl groups excluding tert-OH is 1. The number of aromatic nitrogens is 3. The van der Waals surface area contributed by atoms with Crippen LogP contribution in [0.1, 0.15) is 6.23 Å². The third-order valence-electron chi connectivity index (χ3n) is 4.76. The van der Waals surface area contributed by atoms with E-state index in [1.54, 1.807) is 0 Å². The van der Waals surface area contributed by atoms with E-state index in [9.17, 15) is 33.4 Å². The fourth-order valence-electron chi connectivity index (χ4n) is 3.43. The van der Waals surface area contributed by atoms with Crippen molar-refractivity contribution in [3.05, 3.63) is 22.6 Å². The third kappa shape index (κ3) is 6.39. The molecule has 200 valence electrons. The molecule has 0 saturated carbocycles. The van der Waals surface area contributed by atoms with Gasteiger partial charge in [0.25, 0.3) is 5.56 Å². The third-order valence-corrected chi connectivity index (χ3v) is 9.22. The Kier molecular flexibility index (Phi) is 8.49. The molecule has 1 aliphatic heterocycles. The summed E-state index contributed by atoms with van der Waals surface area (Å²) in [4.78, 5) is 52.9. The predicted octanol–water partition coefficient (Wildman–Crippen LogP) is 0.333. The molecular weight excluding hydrogens is 596 g/mol. The second-order valence-electron chi connectivity index (χ2n) is 7.10. The number of nitrogen functional groups attached to an aromatic ring is 1. The fourth-order valence-corrected chi connectivity index (χ4v) is 7.08. The summed E-state index contributed by atoms with van der Waals surface area (Å²) >= 11 is 12.2. The number of phosphoric ester groups is 1. The van der Waals surface area contributed by atoms with Crippen LogP contribution in [0.2, 0.25) is 0 Å². The number of hydrogen-bond acceptors (Lipinski definition) is 11. The maximum Gasteiger partial charge on any atom is 0.490 e. The van der Waals surface area contributed by atoms with Crippen LogP contribution in [-0.2, 0) is 31.6 Å². The molecule has 0 spiro atoms. The number of ether oxygens (including phenoxy) is 1. The van der Waals surface area contributed by atoms with Crippen molar-refractivity contribution in [2.24, 2.45) is 5.92 Å². The summed E-state index contributed by atoms with van der Waals surface area (Å²) in [5.74, 6) is 1.03. The molecule has 2 aromatic rings. The highest BCUT2D eigenvalue weighted by molar-refractivity contribution is 7.66. The van der Waals surface area contributed by atoms with Crippen molar-refractivity contribution < 1.29 is 56.3 Å². The molecule has 0 aliphatic carbocycles. The average molecular weight is 613 g/mol. The number of halogens is 2. The molecule has 0 aromatic carbocycles. The van der Waals surface area contributed by atoms with Crippen LogP contribution in [0.5, 0.6) is 0 Å². The van der Waals surface area contributed by atoms with Crippen molar-refractivity contribution in [1.29, 1.82) is 0 Å². The lowest BCUT2D eigenvalue weighted by atomic mass is 9.89. The molecular formula is C14H17Cl2N4O13P3. The van der Waals surface area contributed by atoms with Gasteiger partial charge in [0.1, 0.15) is 0 Å². The van der Waals surface area contributed by atoms with Gasteiger partial charge in [0.05, 0.1) is 24.7 Å². The van der Waals surface area contributed by atoms with Gasteiger partial charge in [-0.25, -0.2) is 13.7 Å². The zero-order chi connectivity index (χ0) is 27.1. The first-order valence-electron chi connectivity index (χ1n) is 9.24. The van der Waals surface area contributed by atoms with Crippen molar-refractivity contribution in [3.63, 3.8) is 0 Å². The van der Waals surface area contributed by atoms with Crippen LogP contribution >= 0.6 is 46.7 Å². The Hall–Kier alpha value is -1.31. The number of nitrogens with one attached hydrogen (secondary N) is 1. The second-order valence-corrected chi connectivity index (χ2v) is 12.3. The lowest BCUT2D eigenvalue weighted by molar-refractivity contribution is -0.0339. The van der Waals surface area contributed by atoms with E-state index in [4.69, 9.17) is 43.5 Å². The highest BCUT2D eigenvalue weighted by Gasteiger charge is 2.57. The Bertz CT molecular complexity index is 1420. The number of rotatable bonds is 9. The minimum absolute atomic E-state index is 0.00729. The molecule has 1 fully saturated rings. The summed E-state index contributed by atoms with van der Waals surface area (Å²) in [6, 6.07) is 1.36. The van der Waals surface area contributed by atoms with Crippen molar-refractivity contribution in [2.75, 3.05) is 18.9 Å². The Morgan fingerprint density at radius 3 is 2.50 bits per heavy atom. The zero-order valence-corrected chi connectivity index (χ0v) is 21.6. The standard InChI is InChI=1S/C14H17Cl2N4O13P3/c15-3-2-14(16)8(5-21)9(6-30-35(26,27)33-36(28,29)32-34(23,24)25)31-12(14)20-4-1-7-10(20)18-13(17)19-11(7)22/h1,4,8-9,12,21H,5-6H2,(H,26,27)(H,28,29)(H2,23,24,25)(H3,17,18,19,22)/t8?,9-,12-,14?/m1/s1. The van der Waals surface area contributed by atoms with Gasteiger partial charge in [0.15, 0.2) is 16.7 Å². The number of H-pyrrole nitrogens is 1. The van der Waals surface area contributed by atoms with Crippen molar-refractivity contribution in [2.45, 2.75) is 17.2 Å². The molecule has 22 heteroatoms. The number of anilines is 1. The molecule has 4 unspecified atom stereocenters. The zero-order valence-electron chi connectivity index (χ0n) is 17.4. The van der Waals surface area contributed by atoms with Gasteiger partial charge in [0.2, 0.25) is 5.95 Å². The fraction of sp³-hybridized carbons (Fsp3) is 0.429. The van der Waals surface area contributed by atoms with Crippen molar-refractivity contribution >= 4 is 63.7 Å². The first-order valence-corrected chi connectivity index (χ1v) is 14.5. The lowest BCUT2D eigenvalue weighted by Crippen LogP contribution is -2.39. The normalized spacial score (nSPS) is 27.8. The molecule has 1 aliphatic rings. The monoisotopic (exact) mass is 612 g/mol. The van der Waals surface area contributed by atoms with Gasteiger partial charge in [-0.3, -0.25) is 14.3 Å². The summed E-state index contributed by atoms with van der Waals surface area (Å²) in [7, 11) is -16.9. The number of hydrogen-bond donors (Lipinski definition) is 7. The molecule has 2 aromatic heterocycles. The van der Waals surface area contributed by atoms with E-state index in [1.165, 1.54) is 16.8 Å². The van der Waals surface area contributed by atoms with E-state index in [0.717, 1.165) is 0 Å². The summed E-state index contributed by atoms with van der Waals surface area (Å²) < 4.78 is 53.3. The van der Waals surface area contributed by atoms with Gasteiger partial charge < -0.3 is 39.7 Å². The van der Waals surface area contributed by atoms with Crippen LogP contribution < -0.4 is 11.3 Å². The molecule has 3 heterocycles. The number of fused-ring (bicyclic) bond motifs is 1. The van der Waals surface area contributed by atoms with Gasteiger partial charge in [-0.2, -0.15) is 13.6 Å². The number of aromatic amines is 1. The van der Waals surface area contributed by atoms with Crippen LogP contribution in [0, 0.1) is 17.2 Å². The quantitative estimate of drug-likeness (QED) is 0.114. The minimum atomic E-state index is -5.76. The van der Waals surface area contributed by atoms with E-state index in [2.05, 4.69) is 34.4 Å². The molecule has 6 atom stereocenters. The summed E-state index contributed by atoms with van der Waals surface area (Å²) in [6.45, 7) is -1.68. The molecule has 0 amide bonds. The molecule has 0 bridgehead atoms. The predicted molar refractivity (Wildman–Crippen MR) is 121 cm³/mol. The first kappa shape index (κ1) is 29.2. The average Bonchev–Trinajstić information content (AvgIpc) is 3.22. The Labute approximate surface area is 210 Å². The van der Waals surface area contributed by atoms with Crippen LogP contribution in [0.3, 0.4) is 0 Å². The first-order chi connectivity index (χ1) is 16.5. The van der Waals surface area contributed by atoms with Gasteiger partial charge >= 0.3 is 23.5 Å². The van der Waals surface area contributed by atoms with E-state index in [0.29, 0.717) is 0 Å². The molecule has 17 nitrogen and oxygen atoms in total.